The van der Waals surface area contributed by atoms with E-state index in [1.807, 2.05) is 60.7 Å². The third-order valence-corrected chi connectivity index (χ3v) is 5.69. The van der Waals surface area contributed by atoms with Crippen LogP contribution < -0.4 is 10.2 Å². The van der Waals surface area contributed by atoms with Gasteiger partial charge in [0.15, 0.2) is 5.76 Å². The minimum Gasteiger partial charge on any atom is -0.489 e. The second-order valence-electron chi connectivity index (χ2n) is 8.18. The number of hydrogen-bond donors (Lipinski definition) is 1. The third-order valence-electron chi connectivity index (χ3n) is 5.69. The maximum absolute atomic E-state index is 12.4. The number of fused-ring (bicyclic) bond motifs is 2. The van der Waals surface area contributed by atoms with Crippen molar-refractivity contribution in [2.24, 2.45) is 5.10 Å². The fourth-order valence-corrected chi connectivity index (χ4v) is 3.94. The molecule has 0 saturated heterocycles. The predicted molar refractivity (Wildman–Crippen MR) is 140 cm³/mol. The summed E-state index contributed by atoms with van der Waals surface area (Å²) >= 11 is 0. The van der Waals surface area contributed by atoms with Crippen molar-refractivity contribution in [3.63, 3.8) is 0 Å². The van der Waals surface area contributed by atoms with E-state index in [2.05, 4.69) is 47.4 Å². The maximum atomic E-state index is 12.4. The predicted octanol–water partition coefficient (Wildman–Crippen LogP) is 6.66. The zero-order chi connectivity index (χ0) is 24.0. The van der Waals surface area contributed by atoms with E-state index >= 15 is 0 Å². The molecule has 0 aliphatic rings. The molecule has 172 valence electrons. The second kappa shape index (κ2) is 10.1. The SMILES string of the molecule is C=CCc1cc(/C=N/NC(=O)c2cc3ccccc3o2)ccc1OCc1ccc2ccccc2c1. The molecule has 0 unspecified atom stereocenters. The molecule has 1 aromatic heterocycles. The van der Waals surface area contributed by atoms with Crippen LogP contribution in [0, 0.1) is 0 Å². The number of furan rings is 1. The lowest BCUT2D eigenvalue weighted by atomic mass is 10.1. The molecule has 0 radical (unpaired) electrons. The number of hydrazone groups is 1. The number of ether oxygens (including phenoxy) is 1. The van der Waals surface area contributed by atoms with Gasteiger partial charge in [-0.3, -0.25) is 4.79 Å². The highest BCUT2D eigenvalue weighted by molar-refractivity contribution is 5.96. The molecule has 5 aromatic rings. The van der Waals surface area contributed by atoms with Crippen LogP contribution in [0.2, 0.25) is 0 Å². The standard InChI is InChI=1S/C30H24N2O3/c1-2-7-25-16-21(19-31-32-30(33)29-18-26-10-5-6-11-28(26)35-29)13-15-27(25)34-20-22-12-14-23-8-3-4-9-24(23)17-22/h2-6,8-19H,1,7,20H2,(H,32,33)/b31-19+. The summed E-state index contributed by atoms with van der Waals surface area (Å²) in [7, 11) is 0. The van der Waals surface area contributed by atoms with Crippen LogP contribution in [0.3, 0.4) is 0 Å². The Labute approximate surface area is 203 Å². The minimum absolute atomic E-state index is 0.216. The number of carbonyl (C=O) groups excluding carboxylic acids is 1. The highest BCUT2D eigenvalue weighted by atomic mass is 16.5. The summed E-state index contributed by atoms with van der Waals surface area (Å²) in [5, 5.41) is 7.36. The van der Waals surface area contributed by atoms with Crippen LogP contribution in [0.25, 0.3) is 21.7 Å². The molecule has 1 N–H and O–H groups in total. The van der Waals surface area contributed by atoms with Gasteiger partial charge >= 0.3 is 5.91 Å². The van der Waals surface area contributed by atoms with Gasteiger partial charge < -0.3 is 9.15 Å². The summed E-state index contributed by atoms with van der Waals surface area (Å²) in [5.41, 5.74) is 6.12. The van der Waals surface area contributed by atoms with Crippen molar-refractivity contribution in [1.29, 1.82) is 0 Å². The molecular weight excluding hydrogens is 436 g/mol. The molecule has 0 aliphatic carbocycles. The normalized spacial score (nSPS) is 11.2. The summed E-state index contributed by atoms with van der Waals surface area (Å²) in [5.74, 6) is 0.605. The van der Waals surface area contributed by atoms with Crippen molar-refractivity contribution in [2.45, 2.75) is 13.0 Å². The van der Waals surface area contributed by atoms with E-state index < -0.39 is 5.91 Å². The highest BCUT2D eigenvalue weighted by Gasteiger charge is 2.11. The average Bonchev–Trinajstić information content (AvgIpc) is 3.33. The Bertz CT molecular complexity index is 1520. The minimum atomic E-state index is -0.404. The van der Waals surface area contributed by atoms with Gasteiger partial charge in [-0.05, 0) is 70.3 Å². The van der Waals surface area contributed by atoms with Gasteiger partial charge in [-0.25, -0.2) is 5.43 Å². The van der Waals surface area contributed by atoms with E-state index in [1.165, 1.54) is 10.8 Å². The number of para-hydroxylation sites is 1. The monoisotopic (exact) mass is 460 g/mol. The molecule has 4 aromatic carbocycles. The van der Waals surface area contributed by atoms with E-state index in [0.717, 1.165) is 27.8 Å². The topological polar surface area (TPSA) is 63.8 Å². The van der Waals surface area contributed by atoms with E-state index in [-0.39, 0.29) is 5.76 Å². The fraction of sp³-hybridized carbons (Fsp3) is 0.0667. The Balaban J connectivity index is 1.25. The van der Waals surface area contributed by atoms with Crippen LogP contribution in [0.1, 0.15) is 27.2 Å². The Kier molecular flexibility index (Phi) is 6.39. The Morgan fingerprint density at radius 3 is 2.54 bits per heavy atom. The quantitative estimate of drug-likeness (QED) is 0.160. The van der Waals surface area contributed by atoms with E-state index in [1.54, 1.807) is 12.3 Å². The molecular formula is C30H24N2O3. The van der Waals surface area contributed by atoms with E-state index in [9.17, 15) is 4.79 Å². The van der Waals surface area contributed by atoms with Gasteiger partial charge in [-0.15, -0.1) is 6.58 Å². The van der Waals surface area contributed by atoms with Gasteiger partial charge in [0.25, 0.3) is 0 Å². The van der Waals surface area contributed by atoms with Crippen molar-refractivity contribution < 1.29 is 13.9 Å². The molecule has 5 heteroatoms. The van der Waals surface area contributed by atoms with Crippen molar-refractivity contribution in [3.8, 4) is 5.75 Å². The second-order valence-corrected chi connectivity index (χ2v) is 8.18. The molecule has 0 atom stereocenters. The first-order chi connectivity index (χ1) is 17.2. The number of benzene rings is 4. The lowest BCUT2D eigenvalue weighted by Crippen LogP contribution is -2.16. The maximum Gasteiger partial charge on any atom is 0.307 e. The van der Waals surface area contributed by atoms with Crippen molar-refractivity contribution >= 4 is 33.9 Å². The molecule has 5 nitrogen and oxygen atoms in total. The van der Waals surface area contributed by atoms with Gasteiger partial charge in [-0.1, -0.05) is 60.7 Å². The first-order valence-corrected chi connectivity index (χ1v) is 11.4. The summed E-state index contributed by atoms with van der Waals surface area (Å²) in [6, 6.07) is 29.6. The lowest BCUT2D eigenvalue weighted by molar-refractivity contribution is 0.0929. The van der Waals surface area contributed by atoms with Gasteiger partial charge in [0, 0.05) is 5.39 Å². The summed E-state index contributed by atoms with van der Waals surface area (Å²) in [6.45, 7) is 4.33. The largest absolute Gasteiger partial charge is 0.489 e. The van der Waals surface area contributed by atoms with Crippen LogP contribution in [0.15, 0.2) is 113 Å². The first-order valence-electron chi connectivity index (χ1n) is 11.4. The highest BCUT2D eigenvalue weighted by Crippen LogP contribution is 2.23. The number of nitrogens with zero attached hydrogens (tertiary/aromatic N) is 1. The number of amides is 1. The van der Waals surface area contributed by atoms with Crippen molar-refractivity contribution in [1.82, 2.24) is 5.43 Å². The Hall–Kier alpha value is -4.64. The van der Waals surface area contributed by atoms with Crippen LogP contribution in [-0.4, -0.2) is 12.1 Å². The van der Waals surface area contributed by atoms with Crippen LogP contribution >= 0.6 is 0 Å². The van der Waals surface area contributed by atoms with E-state index in [0.29, 0.717) is 18.6 Å². The Morgan fingerprint density at radius 1 is 0.914 bits per heavy atom. The molecule has 1 amide bonds. The number of hydrogen-bond acceptors (Lipinski definition) is 4. The Morgan fingerprint density at radius 2 is 1.71 bits per heavy atom. The molecule has 5 rings (SSSR count). The van der Waals surface area contributed by atoms with Gasteiger partial charge in [-0.2, -0.15) is 5.10 Å². The molecule has 0 spiro atoms. The van der Waals surface area contributed by atoms with Crippen molar-refractivity contribution in [3.05, 3.63) is 126 Å². The number of allylic oxidation sites excluding steroid dienone is 1. The number of rotatable bonds is 8. The zero-order valence-electron chi connectivity index (χ0n) is 19.1. The summed E-state index contributed by atoms with van der Waals surface area (Å²) in [4.78, 5) is 12.4. The molecule has 0 aliphatic heterocycles. The molecule has 1 heterocycles. The van der Waals surface area contributed by atoms with Crippen LogP contribution in [0.5, 0.6) is 5.75 Å². The molecule has 0 saturated carbocycles. The summed E-state index contributed by atoms with van der Waals surface area (Å²) < 4.78 is 11.7. The zero-order valence-corrected chi connectivity index (χ0v) is 19.1. The molecule has 0 fully saturated rings. The van der Waals surface area contributed by atoms with Gasteiger partial charge in [0.2, 0.25) is 0 Å². The third kappa shape index (κ3) is 5.14. The molecule has 0 bridgehead atoms. The fourth-order valence-electron chi connectivity index (χ4n) is 3.94. The lowest BCUT2D eigenvalue weighted by Gasteiger charge is -2.12. The van der Waals surface area contributed by atoms with E-state index in [4.69, 9.17) is 9.15 Å². The van der Waals surface area contributed by atoms with Gasteiger partial charge in [0.1, 0.15) is 17.9 Å². The number of carbonyl (C=O) groups is 1. The molecule has 35 heavy (non-hydrogen) atoms. The average molecular weight is 461 g/mol. The van der Waals surface area contributed by atoms with Crippen LogP contribution in [-0.2, 0) is 13.0 Å². The summed E-state index contributed by atoms with van der Waals surface area (Å²) in [6.07, 6.45) is 4.09. The van der Waals surface area contributed by atoms with Crippen LogP contribution in [0.4, 0.5) is 0 Å². The van der Waals surface area contributed by atoms with Crippen molar-refractivity contribution in [2.75, 3.05) is 0 Å². The van der Waals surface area contributed by atoms with Gasteiger partial charge in [0.05, 0.1) is 6.21 Å². The number of nitrogens with one attached hydrogen (secondary N) is 1. The first kappa shape index (κ1) is 22.2. The smallest absolute Gasteiger partial charge is 0.307 e.